The molecule has 0 saturated heterocycles. The number of rotatable bonds is 6. The number of fused-ring (bicyclic) bond motifs is 1. The highest BCUT2D eigenvalue weighted by Crippen LogP contribution is 2.24. The quantitative estimate of drug-likeness (QED) is 0.667. The van der Waals surface area contributed by atoms with Gasteiger partial charge in [0.25, 0.3) is 0 Å². The molecule has 3 rings (SSSR count). The number of aromatic nitrogens is 2. The standard InChI is InChI=1S/C22H29N3O2S/c1-16(2)25-20-9-7-6-8-19(20)24-21(25)14-15-23-28(26,27)18-12-10-17(11-13-18)22(3,4)5/h6-13,16,23H,14-15H2,1-5H3. The van der Waals surface area contributed by atoms with Crippen LogP contribution in [-0.2, 0) is 21.9 Å². The molecule has 2 aromatic carbocycles. The van der Waals surface area contributed by atoms with Crippen LogP contribution < -0.4 is 4.72 Å². The third-order valence-corrected chi connectivity index (χ3v) is 6.33. The Kier molecular flexibility index (Phi) is 5.64. The third-order valence-electron chi connectivity index (χ3n) is 4.86. The Morgan fingerprint density at radius 1 is 1.04 bits per heavy atom. The first kappa shape index (κ1) is 20.6. The van der Waals surface area contributed by atoms with Gasteiger partial charge in [-0.25, -0.2) is 18.1 Å². The van der Waals surface area contributed by atoms with Crippen LogP contribution in [-0.4, -0.2) is 24.5 Å². The first-order chi connectivity index (χ1) is 13.1. The number of imidazole rings is 1. The lowest BCUT2D eigenvalue weighted by Crippen LogP contribution is -2.27. The van der Waals surface area contributed by atoms with Gasteiger partial charge >= 0.3 is 0 Å². The summed E-state index contributed by atoms with van der Waals surface area (Å²) in [5.41, 5.74) is 3.11. The number of hydrogen-bond donors (Lipinski definition) is 1. The molecule has 1 heterocycles. The fourth-order valence-corrected chi connectivity index (χ4v) is 4.39. The van der Waals surface area contributed by atoms with Crippen molar-refractivity contribution < 1.29 is 8.42 Å². The summed E-state index contributed by atoms with van der Waals surface area (Å²) in [5, 5.41) is 0. The van der Waals surface area contributed by atoms with Gasteiger partial charge < -0.3 is 4.57 Å². The highest BCUT2D eigenvalue weighted by atomic mass is 32.2. The minimum absolute atomic E-state index is 0.00829. The van der Waals surface area contributed by atoms with Crippen molar-refractivity contribution in [3.8, 4) is 0 Å². The molecule has 0 amide bonds. The zero-order chi connectivity index (χ0) is 20.5. The molecule has 28 heavy (non-hydrogen) atoms. The summed E-state index contributed by atoms with van der Waals surface area (Å²) in [4.78, 5) is 4.98. The molecule has 5 nitrogen and oxygen atoms in total. The molecule has 0 saturated carbocycles. The predicted molar refractivity (Wildman–Crippen MR) is 114 cm³/mol. The van der Waals surface area contributed by atoms with E-state index in [1.807, 2.05) is 36.4 Å². The molecule has 0 radical (unpaired) electrons. The van der Waals surface area contributed by atoms with Crippen LogP contribution in [0.2, 0.25) is 0 Å². The topological polar surface area (TPSA) is 64.0 Å². The second-order valence-corrected chi connectivity index (χ2v) is 10.2. The van der Waals surface area contributed by atoms with Gasteiger partial charge in [0.1, 0.15) is 5.82 Å². The van der Waals surface area contributed by atoms with Crippen LogP contribution in [0.5, 0.6) is 0 Å². The van der Waals surface area contributed by atoms with Gasteiger partial charge in [-0.15, -0.1) is 0 Å². The van der Waals surface area contributed by atoms with E-state index in [4.69, 9.17) is 4.98 Å². The average molecular weight is 400 g/mol. The van der Waals surface area contributed by atoms with Crippen molar-refractivity contribution in [1.82, 2.24) is 14.3 Å². The van der Waals surface area contributed by atoms with E-state index in [1.54, 1.807) is 12.1 Å². The van der Waals surface area contributed by atoms with Crippen molar-refractivity contribution >= 4 is 21.1 Å². The van der Waals surface area contributed by atoms with E-state index in [9.17, 15) is 8.42 Å². The summed E-state index contributed by atoms with van der Waals surface area (Å²) in [6.07, 6.45) is 0.534. The number of nitrogens with one attached hydrogen (secondary N) is 1. The molecule has 0 atom stereocenters. The molecule has 0 unspecified atom stereocenters. The van der Waals surface area contributed by atoms with Crippen LogP contribution in [0.15, 0.2) is 53.4 Å². The molecule has 3 aromatic rings. The molecule has 0 spiro atoms. The van der Waals surface area contributed by atoms with Crippen LogP contribution in [0.25, 0.3) is 11.0 Å². The van der Waals surface area contributed by atoms with Crippen LogP contribution in [0.1, 0.15) is 52.0 Å². The monoisotopic (exact) mass is 399 g/mol. The normalized spacial score (nSPS) is 12.8. The van der Waals surface area contributed by atoms with E-state index in [-0.39, 0.29) is 16.4 Å². The van der Waals surface area contributed by atoms with Crippen molar-refractivity contribution in [1.29, 1.82) is 0 Å². The molecule has 6 heteroatoms. The van der Waals surface area contributed by atoms with Gasteiger partial charge in [-0.1, -0.05) is 45.0 Å². The van der Waals surface area contributed by atoms with E-state index in [0.29, 0.717) is 13.0 Å². The fraction of sp³-hybridized carbons (Fsp3) is 0.409. The zero-order valence-electron chi connectivity index (χ0n) is 17.2. The maximum Gasteiger partial charge on any atom is 0.240 e. The van der Waals surface area contributed by atoms with Crippen molar-refractivity contribution in [2.45, 2.75) is 57.4 Å². The Hall–Kier alpha value is -2.18. The Bertz CT molecular complexity index is 1060. The zero-order valence-corrected chi connectivity index (χ0v) is 18.0. The van der Waals surface area contributed by atoms with Crippen LogP contribution in [0.4, 0.5) is 0 Å². The van der Waals surface area contributed by atoms with Gasteiger partial charge in [-0.2, -0.15) is 0 Å². The summed E-state index contributed by atoms with van der Waals surface area (Å²) >= 11 is 0. The highest BCUT2D eigenvalue weighted by molar-refractivity contribution is 7.89. The number of nitrogens with zero attached hydrogens (tertiary/aromatic N) is 2. The SMILES string of the molecule is CC(C)n1c(CCNS(=O)(=O)c2ccc(C(C)(C)C)cc2)nc2ccccc21. The molecule has 0 aliphatic heterocycles. The van der Waals surface area contributed by atoms with Gasteiger partial charge in [-0.3, -0.25) is 0 Å². The smallest absolute Gasteiger partial charge is 0.240 e. The van der Waals surface area contributed by atoms with Gasteiger partial charge in [-0.05, 0) is 49.1 Å². The largest absolute Gasteiger partial charge is 0.325 e. The molecule has 1 N–H and O–H groups in total. The number of hydrogen-bond acceptors (Lipinski definition) is 3. The Balaban J connectivity index is 1.74. The molecule has 150 valence electrons. The van der Waals surface area contributed by atoms with E-state index in [2.05, 4.69) is 43.9 Å². The summed E-state index contributed by atoms with van der Waals surface area (Å²) in [6.45, 7) is 10.8. The first-order valence-corrected chi connectivity index (χ1v) is 11.1. The molecule has 0 fully saturated rings. The molecule has 1 aromatic heterocycles. The van der Waals surface area contributed by atoms with Crippen molar-refractivity contribution in [3.05, 3.63) is 59.9 Å². The van der Waals surface area contributed by atoms with Crippen molar-refractivity contribution in [2.75, 3.05) is 6.54 Å². The lowest BCUT2D eigenvalue weighted by atomic mass is 9.87. The van der Waals surface area contributed by atoms with Crippen LogP contribution >= 0.6 is 0 Å². The van der Waals surface area contributed by atoms with Gasteiger partial charge in [0.2, 0.25) is 10.0 Å². The van der Waals surface area contributed by atoms with E-state index < -0.39 is 10.0 Å². The number of sulfonamides is 1. The van der Waals surface area contributed by atoms with Crippen LogP contribution in [0.3, 0.4) is 0 Å². The molecule has 0 bridgehead atoms. The Morgan fingerprint density at radius 2 is 1.68 bits per heavy atom. The average Bonchev–Trinajstić information content (AvgIpc) is 2.99. The second-order valence-electron chi connectivity index (χ2n) is 8.40. The van der Waals surface area contributed by atoms with Gasteiger partial charge in [0, 0.05) is 19.0 Å². The summed E-state index contributed by atoms with van der Waals surface area (Å²) in [7, 11) is -3.54. The van der Waals surface area contributed by atoms with Gasteiger partial charge in [0.15, 0.2) is 0 Å². The second kappa shape index (κ2) is 7.68. The number of benzene rings is 2. The van der Waals surface area contributed by atoms with Crippen LogP contribution in [0, 0.1) is 0 Å². The minimum atomic E-state index is -3.54. The van der Waals surface area contributed by atoms with Crippen molar-refractivity contribution in [2.24, 2.45) is 0 Å². The van der Waals surface area contributed by atoms with Crippen molar-refractivity contribution in [3.63, 3.8) is 0 Å². The first-order valence-electron chi connectivity index (χ1n) is 9.65. The lowest BCUT2D eigenvalue weighted by Gasteiger charge is -2.19. The molecular weight excluding hydrogens is 370 g/mol. The maximum absolute atomic E-state index is 12.6. The third kappa shape index (κ3) is 4.28. The predicted octanol–water partition coefficient (Wildman–Crippen LogP) is 4.44. The van der Waals surface area contributed by atoms with Gasteiger partial charge in [0.05, 0.1) is 15.9 Å². The molecule has 0 aliphatic carbocycles. The fourth-order valence-electron chi connectivity index (χ4n) is 3.36. The highest BCUT2D eigenvalue weighted by Gasteiger charge is 2.18. The Labute approximate surface area is 167 Å². The van der Waals surface area contributed by atoms with E-state index >= 15 is 0 Å². The number of para-hydroxylation sites is 2. The summed E-state index contributed by atoms with van der Waals surface area (Å²) < 4.78 is 30.2. The lowest BCUT2D eigenvalue weighted by molar-refractivity contribution is 0.567. The maximum atomic E-state index is 12.6. The summed E-state index contributed by atoms with van der Waals surface area (Å²) in [5.74, 6) is 0.891. The Morgan fingerprint density at radius 3 is 2.29 bits per heavy atom. The minimum Gasteiger partial charge on any atom is -0.325 e. The van der Waals surface area contributed by atoms with E-state index in [1.165, 1.54) is 0 Å². The van der Waals surface area contributed by atoms with E-state index in [0.717, 1.165) is 22.4 Å². The molecular formula is C22H29N3O2S. The summed E-state index contributed by atoms with van der Waals surface area (Å²) in [6, 6.07) is 15.4. The molecule has 0 aliphatic rings.